The zero-order valence-corrected chi connectivity index (χ0v) is 22.3. The van der Waals surface area contributed by atoms with Gasteiger partial charge in [-0.15, -0.1) is 0 Å². The Labute approximate surface area is 234 Å². The molecule has 1 atom stereocenters. The maximum absolute atomic E-state index is 13.3. The van der Waals surface area contributed by atoms with Crippen LogP contribution >= 0.6 is 0 Å². The Morgan fingerprint density at radius 3 is 2.73 bits per heavy atom. The summed E-state index contributed by atoms with van der Waals surface area (Å²) in [4.78, 5) is 47.7. The van der Waals surface area contributed by atoms with Gasteiger partial charge in [0.1, 0.15) is 22.8 Å². The molecule has 0 radical (unpaired) electrons. The second kappa shape index (κ2) is 9.63. The number of carbonyl (C=O) groups excluding carboxylic acids is 3. The van der Waals surface area contributed by atoms with Crippen LogP contribution in [0.2, 0.25) is 0 Å². The number of nitrogens with one attached hydrogen (secondary N) is 4. The van der Waals surface area contributed by atoms with E-state index in [9.17, 15) is 14.4 Å². The van der Waals surface area contributed by atoms with Gasteiger partial charge >= 0.3 is 6.03 Å². The molecule has 0 aliphatic carbocycles. The Bertz CT molecular complexity index is 1660. The minimum atomic E-state index is -1.63. The summed E-state index contributed by atoms with van der Waals surface area (Å²) in [7, 11) is 1.54. The van der Waals surface area contributed by atoms with Crippen molar-refractivity contribution in [3.8, 4) is 5.75 Å². The number of carbonyl (C=O) groups is 3. The second-order valence-electron chi connectivity index (χ2n) is 10.5. The Morgan fingerprint density at radius 1 is 1.15 bits per heavy atom. The molecule has 2 fully saturated rings. The summed E-state index contributed by atoms with van der Waals surface area (Å²) in [6, 6.07) is 10.2. The highest BCUT2D eigenvalue weighted by Crippen LogP contribution is 2.36. The molecule has 6 heterocycles. The topological polar surface area (TPSA) is 158 Å². The van der Waals surface area contributed by atoms with Crippen molar-refractivity contribution in [2.45, 2.75) is 31.0 Å². The van der Waals surface area contributed by atoms with E-state index in [4.69, 9.17) is 14.1 Å². The van der Waals surface area contributed by atoms with E-state index in [1.807, 2.05) is 18.3 Å². The zero-order valence-electron chi connectivity index (χ0n) is 22.3. The van der Waals surface area contributed by atoms with E-state index >= 15 is 0 Å². The molecule has 4 amide bonds. The number of piperidine rings is 1. The van der Waals surface area contributed by atoms with Gasteiger partial charge in [-0.05, 0) is 55.8 Å². The Balaban J connectivity index is 1.25. The van der Waals surface area contributed by atoms with Crippen molar-refractivity contribution in [2.24, 2.45) is 0 Å². The third-order valence-electron chi connectivity index (χ3n) is 8.03. The fraction of sp³-hybridized carbons (Fsp3) is 0.321. The number of imide groups is 1. The summed E-state index contributed by atoms with van der Waals surface area (Å²) in [5.41, 5.74) is 1.56. The second-order valence-corrected chi connectivity index (χ2v) is 10.5. The fourth-order valence-corrected chi connectivity index (χ4v) is 5.96. The summed E-state index contributed by atoms with van der Waals surface area (Å²) in [6.07, 6.45) is 5.48. The van der Waals surface area contributed by atoms with E-state index in [1.165, 1.54) is 12.0 Å². The number of ether oxygens (including phenoxy) is 1. The summed E-state index contributed by atoms with van der Waals surface area (Å²) in [5, 5.41) is 15.5. The van der Waals surface area contributed by atoms with Gasteiger partial charge in [0.25, 0.3) is 11.8 Å². The van der Waals surface area contributed by atoms with Crippen LogP contribution in [0.25, 0.3) is 11.1 Å². The van der Waals surface area contributed by atoms with Gasteiger partial charge in [-0.2, -0.15) is 5.10 Å². The van der Waals surface area contributed by atoms with E-state index in [0.717, 1.165) is 37.2 Å². The van der Waals surface area contributed by atoms with Gasteiger partial charge < -0.3 is 29.6 Å². The molecule has 1 aromatic carbocycles. The molecule has 4 N–H and O–H groups in total. The average Bonchev–Trinajstić information content (AvgIpc) is 3.77. The average molecular weight is 557 g/mol. The van der Waals surface area contributed by atoms with Crippen LogP contribution < -0.4 is 25.6 Å². The Morgan fingerprint density at radius 2 is 2.00 bits per heavy atom. The van der Waals surface area contributed by atoms with Gasteiger partial charge in [0.2, 0.25) is 0 Å². The maximum atomic E-state index is 13.3. The molecule has 13 nitrogen and oxygen atoms in total. The third kappa shape index (κ3) is 4.16. The molecule has 3 aliphatic rings. The number of urea groups is 1. The van der Waals surface area contributed by atoms with E-state index in [-0.39, 0.29) is 30.8 Å². The normalized spacial score (nSPS) is 20.8. The van der Waals surface area contributed by atoms with E-state index in [0.29, 0.717) is 28.2 Å². The smallest absolute Gasteiger partial charge is 0.322 e. The van der Waals surface area contributed by atoms with Crippen LogP contribution in [-0.4, -0.2) is 70.7 Å². The van der Waals surface area contributed by atoms with E-state index in [2.05, 4.69) is 31.0 Å². The molecule has 4 aromatic rings. The van der Waals surface area contributed by atoms with Crippen LogP contribution in [0, 0.1) is 0 Å². The van der Waals surface area contributed by atoms with E-state index < -0.39 is 17.5 Å². The Kier molecular flexibility index (Phi) is 5.89. The molecule has 2 saturated heterocycles. The molecule has 13 heteroatoms. The van der Waals surface area contributed by atoms with E-state index in [1.54, 1.807) is 30.5 Å². The number of hydrogen-bond donors (Lipinski definition) is 4. The number of nitrogens with zero attached hydrogens (tertiary/aromatic N) is 4. The van der Waals surface area contributed by atoms with Crippen LogP contribution in [-0.2, 0) is 16.9 Å². The van der Waals surface area contributed by atoms with Gasteiger partial charge in [-0.1, -0.05) is 6.07 Å². The molecule has 3 aromatic heterocycles. The quantitative estimate of drug-likeness (QED) is 0.250. The van der Waals surface area contributed by atoms with Gasteiger partial charge in [-0.3, -0.25) is 20.0 Å². The molecule has 0 spiro atoms. The minimum absolute atomic E-state index is 0.122. The number of pyridine rings is 1. The first kappa shape index (κ1) is 25.1. The standard InChI is InChI=1S/C28H28N8O5/c1-40-19-3-2-16-14-35(25(37)20(16)10-19)15-28(26(38)33-27(39)34-28)23-11-21-22(41-23)4-5-24(32-21)36(18-12-30-31-13-18)17-6-8-29-9-7-17/h2-5,10-13,17,29H,6-9,14-15H2,1H3,(H,30,31)(H2,33,34,38,39)/t28-/m0/s1. The first-order valence-corrected chi connectivity index (χ1v) is 13.4. The first-order chi connectivity index (χ1) is 19.9. The lowest BCUT2D eigenvalue weighted by Crippen LogP contribution is -2.52. The van der Waals surface area contributed by atoms with Crippen LogP contribution in [0.5, 0.6) is 5.75 Å². The molecule has 0 unspecified atom stereocenters. The lowest BCUT2D eigenvalue weighted by Gasteiger charge is -2.34. The number of H-pyrrole nitrogens is 1. The van der Waals surface area contributed by atoms with Gasteiger partial charge in [-0.25, -0.2) is 9.78 Å². The lowest BCUT2D eigenvalue weighted by atomic mass is 9.95. The third-order valence-corrected chi connectivity index (χ3v) is 8.03. The highest BCUT2D eigenvalue weighted by molar-refractivity contribution is 6.08. The number of amides is 4. The lowest BCUT2D eigenvalue weighted by molar-refractivity contribution is -0.125. The SMILES string of the molecule is COc1ccc2c(c1)C(=O)N(C[C@@]1(c3cc4nc(N(c5cn[nH]c5)C5CCNCC5)ccc4o3)NC(=O)NC1=O)C2. The molecule has 41 heavy (non-hydrogen) atoms. The monoisotopic (exact) mass is 556 g/mol. The summed E-state index contributed by atoms with van der Waals surface area (Å²) in [5.74, 6) is 0.609. The van der Waals surface area contributed by atoms with Crippen LogP contribution in [0.1, 0.15) is 34.5 Å². The van der Waals surface area contributed by atoms with Gasteiger partial charge in [0.15, 0.2) is 11.1 Å². The number of benzene rings is 1. The minimum Gasteiger partial charge on any atom is -0.497 e. The van der Waals surface area contributed by atoms with Crippen LogP contribution in [0.15, 0.2) is 53.2 Å². The summed E-state index contributed by atoms with van der Waals surface area (Å²) in [6.45, 7) is 1.96. The molecular weight excluding hydrogens is 528 g/mol. The number of furan rings is 1. The number of rotatable bonds is 7. The van der Waals surface area contributed by atoms with Crippen molar-refractivity contribution in [2.75, 3.05) is 31.6 Å². The van der Waals surface area contributed by atoms with Crippen molar-refractivity contribution in [1.29, 1.82) is 0 Å². The molecular formula is C28H28N8O5. The summed E-state index contributed by atoms with van der Waals surface area (Å²) >= 11 is 0. The molecule has 0 saturated carbocycles. The zero-order chi connectivity index (χ0) is 28.1. The highest BCUT2D eigenvalue weighted by atomic mass is 16.5. The summed E-state index contributed by atoms with van der Waals surface area (Å²) < 4.78 is 11.4. The number of fused-ring (bicyclic) bond motifs is 2. The number of aromatic amines is 1. The van der Waals surface area contributed by atoms with Crippen molar-refractivity contribution in [3.05, 3.63) is 65.7 Å². The van der Waals surface area contributed by atoms with Crippen molar-refractivity contribution >= 4 is 40.5 Å². The number of methoxy groups -OCH3 is 1. The predicted octanol–water partition coefficient (Wildman–Crippen LogP) is 2.14. The predicted molar refractivity (Wildman–Crippen MR) is 147 cm³/mol. The van der Waals surface area contributed by atoms with Crippen molar-refractivity contribution < 1.29 is 23.5 Å². The molecule has 0 bridgehead atoms. The fourth-order valence-electron chi connectivity index (χ4n) is 5.96. The molecule has 210 valence electrons. The van der Waals surface area contributed by atoms with Crippen molar-refractivity contribution in [3.63, 3.8) is 0 Å². The largest absolute Gasteiger partial charge is 0.497 e. The first-order valence-electron chi connectivity index (χ1n) is 13.4. The van der Waals surface area contributed by atoms with Gasteiger partial charge in [0, 0.05) is 30.4 Å². The maximum Gasteiger partial charge on any atom is 0.322 e. The van der Waals surface area contributed by atoms with Crippen LogP contribution in [0.3, 0.4) is 0 Å². The van der Waals surface area contributed by atoms with Crippen LogP contribution in [0.4, 0.5) is 16.3 Å². The molecule has 3 aliphatic heterocycles. The highest BCUT2D eigenvalue weighted by Gasteiger charge is 2.53. The number of hydrogen-bond acceptors (Lipinski definition) is 9. The van der Waals surface area contributed by atoms with Crippen molar-refractivity contribution in [1.82, 2.24) is 36.0 Å². The number of anilines is 2. The molecule has 7 rings (SSSR count). The van der Waals surface area contributed by atoms with Gasteiger partial charge in [0.05, 0.1) is 25.5 Å². The number of aromatic nitrogens is 3. The Hall–Kier alpha value is -4.91.